The van der Waals surface area contributed by atoms with E-state index in [1.165, 1.54) is 0 Å². The minimum absolute atomic E-state index is 0.0323. The van der Waals surface area contributed by atoms with Crippen molar-refractivity contribution in [1.82, 2.24) is 20.5 Å². The summed E-state index contributed by atoms with van der Waals surface area (Å²) in [6.07, 6.45) is 4.07. The number of carbonyl (C=O) groups is 2. The molecule has 1 aliphatic heterocycles. The summed E-state index contributed by atoms with van der Waals surface area (Å²) < 4.78 is 0. The lowest BCUT2D eigenvalue weighted by molar-refractivity contribution is -0.128. The van der Waals surface area contributed by atoms with Crippen LogP contribution in [0.1, 0.15) is 31.9 Å². The van der Waals surface area contributed by atoms with Crippen molar-refractivity contribution in [3.63, 3.8) is 0 Å². The molecule has 1 aromatic rings. The molecule has 21 heavy (non-hydrogen) atoms. The van der Waals surface area contributed by atoms with E-state index in [2.05, 4.69) is 15.6 Å². The average molecular weight is 290 g/mol. The topological polar surface area (TPSA) is 74.3 Å². The van der Waals surface area contributed by atoms with Crippen LogP contribution in [0.5, 0.6) is 0 Å². The summed E-state index contributed by atoms with van der Waals surface area (Å²) in [6, 6.07) is 2.94. The molecule has 0 radical (unpaired) electrons. The molecular weight excluding hydrogens is 268 g/mol. The number of likely N-dealkylation sites (N-methyl/N-ethyl adjacent to an activating group) is 1. The number of rotatable bonds is 4. The van der Waals surface area contributed by atoms with E-state index in [0.717, 1.165) is 5.56 Å². The molecular formula is C15H22N4O2. The molecule has 1 aliphatic rings. The van der Waals surface area contributed by atoms with Gasteiger partial charge in [0, 0.05) is 26.0 Å². The molecule has 0 unspecified atom stereocenters. The lowest BCUT2D eigenvalue weighted by Gasteiger charge is -2.24. The van der Waals surface area contributed by atoms with Gasteiger partial charge in [-0.3, -0.25) is 9.78 Å². The van der Waals surface area contributed by atoms with Crippen LogP contribution in [0.25, 0.3) is 0 Å². The van der Waals surface area contributed by atoms with Crippen molar-refractivity contribution in [3.8, 4) is 0 Å². The van der Waals surface area contributed by atoms with E-state index < -0.39 is 6.04 Å². The number of hydrogen-bond acceptors (Lipinski definition) is 3. The highest BCUT2D eigenvalue weighted by atomic mass is 16.2. The van der Waals surface area contributed by atoms with Gasteiger partial charge < -0.3 is 15.5 Å². The van der Waals surface area contributed by atoms with Crippen LogP contribution < -0.4 is 10.6 Å². The van der Waals surface area contributed by atoms with Gasteiger partial charge in [0.15, 0.2) is 0 Å². The summed E-state index contributed by atoms with van der Waals surface area (Å²) in [6.45, 7) is 4.77. The number of urea groups is 1. The first-order valence-electron chi connectivity index (χ1n) is 7.21. The van der Waals surface area contributed by atoms with Crippen molar-refractivity contribution in [2.75, 3.05) is 13.6 Å². The molecule has 6 heteroatoms. The lowest BCUT2D eigenvalue weighted by Crippen LogP contribution is -2.47. The Balaban J connectivity index is 1.98. The Morgan fingerprint density at radius 3 is 2.57 bits per heavy atom. The quantitative estimate of drug-likeness (QED) is 0.878. The van der Waals surface area contributed by atoms with Crippen LogP contribution in [0.4, 0.5) is 4.79 Å². The smallest absolute Gasteiger partial charge is 0.315 e. The van der Waals surface area contributed by atoms with Gasteiger partial charge in [0.2, 0.25) is 5.91 Å². The Kier molecular flexibility index (Phi) is 4.77. The summed E-state index contributed by atoms with van der Waals surface area (Å²) in [5, 5.41) is 5.70. The third kappa shape index (κ3) is 3.71. The fourth-order valence-electron chi connectivity index (χ4n) is 2.50. The molecule has 0 aliphatic carbocycles. The summed E-state index contributed by atoms with van der Waals surface area (Å²) in [5.41, 5.74) is 1.00. The molecule has 3 amide bonds. The van der Waals surface area contributed by atoms with Crippen LogP contribution >= 0.6 is 0 Å². The molecule has 1 saturated heterocycles. The summed E-state index contributed by atoms with van der Waals surface area (Å²) >= 11 is 0. The SMILES string of the molecule is CC(C)[C@H](NC(=O)N[C@H]1CCN(C)C1=O)c1ccncc1. The van der Waals surface area contributed by atoms with E-state index in [9.17, 15) is 9.59 Å². The normalized spacial score (nSPS) is 19.7. The number of likely N-dealkylation sites (tertiary alicyclic amines) is 1. The highest BCUT2D eigenvalue weighted by Crippen LogP contribution is 2.20. The number of amides is 3. The van der Waals surface area contributed by atoms with Crippen molar-refractivity contribution in [2.24, 2.45) is 5.92 Å². The number of nitrogens with one attached hydrogen (secondary N) is 2. The molecule has 1 fully saturated rings. The summed E-state index contributed by atoms with van der Waals surface area (Å²) in [5.74, 6) is 0.204. The third-order valence-electron chi connectivity index (χ3n) is 3.75. The molecule has 0 spiro atoms. The average Bonchev–Trinajstić information content (AvgIpc) is 2.77. The van der Waals surface area contributed by atoms with Gasteiger partial charge in [0.1, 0.15) is 6.04 Å². The van der Waals surface area contributed by atoms with Crippen LogP contribution in [0.15, 0.2) is 24.5 Å². The Hall–Kier alpha value is -2.11. The first-order valence-corrected chi connectivity index (χ1v) is 7.21. The van der Waals surface area contributed by atoms with E-state index in [4.69, 9.17) is 0 Å². The zero-order chi connectivity index (χ0) is 15.4. The fraction of sp³-hybridized carbons (Fsp3) is 0.533. The fourth-order valence-corrected chi connectivity index (χ4v) is 2.50. The minimum Gasteiger partial charge on any atom is -0.344 e. The molecule has 114 valence electrons. The zero-order valence-electron chi connectivity index (χ0n) is 12.7. The number of carbonyl (C=O) groups excluding carboxylic acids is 2. The Bertz CT molecular complexity index is 504. The second kappa shape index (κ2) is 6.56. The van der Waals surface area contributed by atoms with Crippen LogP contribution in [-0.2, 0) is 4.79 Å². The summed E-state index contributed by atoms with van der Waals surface area (Å²) in [7, 11) is 1.75. The third-order valence-corrected chi connectivity index (χ3v) is 3.75. The van der Waals surface area contributed by atoms with Gasteiger partial charge in [-0.15, -0.1) is 0 Å². The highest BCUT2D eigenvalue weighted by Gasteiger charge is 2.30. The Morgan fingerprint density at radius 1 is 1.38 bits per heavy atom. The number of hydrogen-bond donors (Lipinski definition) is 2. The largest absolute Gasteiger partial charge is 0.344 e. The minimum atomic E-state index is -0.416. The van der Waals surface area contributed by atoms with E-state index >= 15 is 0 Å². The van der Waals surface area contributed by atoms with Crippen LogP contribution in [0.3, 0.4) is 0 Å². The van der Waals surface area contributed by atoms with Gasteiger partial charge in [-0.1, -0.05) is 13.8 Å². The maximum atomic E-state index is 12.1. The van der Waals surface area contributed by atoms with Gasteiger partial charge in [0.25, 0.3) is 0 Å². The van der Waals surface area contributed by atoms with Crippen molar-refractivity contribution < 1.29 is 9.59 Å². The van der Waals surface area contributed by atoms with Crippen LogP contribution in [0.2, 0.25) is 0 Å². The van der Waals surface area contributed by atoms with E-state index in [1.54, 1.807) is 24.3 Å². The van der Waals surface area contributed by atoms with E-state index in [-0.39, 0.29) is 23.9 Å². The van der Waals surface area contributed by atoms with E-state index in [1.807, 2.05) is 26.0 Å². The van der Waals surface area contributed by atoms with Gasteiger partial charge in [0.05, 0.1) is 6.04 Å². The highest BCUT2D eigenvalue weighted by molar-refractivity contribution is 5.88. The molecule has 2 N–H and O–H groups in total. The summed E-state index contributed by atoms with van der Waals surface area (Å²) in [4.78, 5) is 29.6. The molecule has 1 aromatic heterocycles. The Morgan fingerprint density at radius 2 is 2.05 bits per heavy atom. The molecule has 0 saturated carbocycles. The van der Waals surface area contributed by atoms with Crippen LogP contribution in [0, 0.1) is 5.92 Å². The number of pyridine rings is 1. The molecule has 0 aromatic carbocycles. The van der Waals surface area contributed by atoms with Gasteiger partial charge in [-0.05, 0) is 30.0 Å². The van der Waals surface area contributed by atoms with E-state index in [0.29, 0.717) is 13.0 Å². The standard InChI is InChI=1S/C15H22N4O2/c1-10(2)13(11-4-7-16-8-5-11)18-15(21)17-12-6-9-19(3)14(12)20/h4-5,7-8,10,12-13H,6,9H2,1-3H3,(H2,17,18,21)/t12-,13-/m0/s1. The molecule has 2 rings (SSSR count). The first-order chi connectivity index (χ1) is 9.99. The number of nitrogens with zero attached hydrogens (tertiary/aromatic N) is 2. The first kappa shape index (κ1) is 15.3. The molecule has 6 nitrogen and oxygen atoms in total. The van der Waals surface area contributed by atoms with Crippen LogP contribution in [-0.4, -0.2) is 41.5 Å². The molecule has 0 bridgehead atoms. The predicted octanol–water partition coefficient (Wildman–Crippen LogP) is 1.31. The maximum Gasteiger partial charge on any atom is 0.315 e. The molecule has 2 atom stereocenters. The van der Waals surface area contributed by atoms with Gasteiger partial charge in [-0.25, -0.2) is 4.79 Å². The van der Waals surface area contributed by atoms with Crippen molar-refractivity contribution in [2.45, 2.75) is 32.4 Å². The maximum absolute atomic E-state index is 12.1. The Labute approximate surface area is 124 Å². The predicted molar refractivity (Wildman–Crippen MR) is 79.5 cm³/mol. The molecule has 2 heterocycles. The van der Waals surface area contributed by atoms with Gasteiger partial charge in [-0.2, -0.15) is 0 Å². The van der Waals surface area contributed by atoms with Crippen molar-refractivity contribution >= 4 is 11.9 Å². The zero-order valence-corrected chi connectivity index (χ0v) is 12.7. The van der Waals surface area contributed by atoms with Crippen molar-refractivity contribution in [1.29, 1.82) is 0 Å². The van der Waals surface area contributed by atoms with Gasteiger partial charge >= 0.3 is 6.03 Å². The lowest BCUT2D eigenvalue weighted by atomic mass is 9.97. The monoisotopic (exact) mass is 290 g/mol. The second-order valence-corrected chi connectivity index (χ2v) is 5.72. The second-order valence-electron chi connectivity index (χ2n) is 5.72. The number of aromatic nitrogens is 1. The van der Waals surface area contributed by atoms with Crippen molar-refractivity contribution in [3.05, 3.63) is 30.1 Å².